The largest absolute Gasteiger partial charge is 0.399 e. The van der Waals surface area contributed by atoms with Gasteiger partial charge in [-0.15, -0.1) is 0 Å². The van der Waals surface area contributed by atoms with Crippen LogP contribution in [-0.2, 0) is 0 Å². The topological polar surface area (TPSA) is 41.3 Å². The normalized spacial score (nSPS) is 20.7. The second-order valence-corrected chi connectivity index (χ2v) is 5.08. The Bertz CT molecular complexity index is 381. The molecule has 4 heteroatoms. The van der Waals surface area contributed by atoms with E-state index in [0.717, 1.165) is 24.7 Å². The first-order valence-corrected chi connectivity index (χ1v) is 6.58. The molecule has 1 aromatic carbocycles. The highest BCUT2D eigenvalue weighted by Gasteiger charge is 2.20. The van der Waals surface area contributed by atoms with Gasteiger partial charge in [0.25, 0.3) is 0 Å². The zero-order valence-corrected chi connectivity index (χ0v) is 11.0. The van der Waals surface area contributed by atoms with Gasteiger partial charge in [0.05, 0.1) is 10.7 Å². The lowest BCUT2D eigenvalue weighted by Gasteiger charge is -2.15. The Morgan fingerprint density at radius 2 is 2.35 bits per heavy atom. The van der Waals surface area contributed by atoms with E-state index in [1.807, 2.05) is 12.1 Å². The molecule has 1 heterocycles. The smallest absolute Gasteiger partial charge is 0.0657 e. The minimum Gasteiger partial charge on any atom is -0.399 e. The highest BCUT2D eigenvalue weighted by atomic mass is 35.5. The maximum atomic E-state index is 6.12. The fraction of sp³-hybridized carbons (Fsp3) is 0.538. The molecule has 0 aliphatic carbocycles. The summed E-state index contributed by atoms with van der Waals surface area (Å²) in [6, 6.07) is 5.61. The molecule has 0 bridgehead atoms. The average molecular weight is 254 g/mol. The predicted molar refractivity (Wildman–Crippen MR) is 74.6 cm³/mol. The zero-order valence-electron chi connectivity index (χ0n) is 10.2. The lowest BCUT2D eigenvalue weighted by Crippen LogP contribution is -2.22. The molecular weight excluding hydrogens is 234 g/mol. The third-order valence-corrected chi connectivity index (χ3v) is 3.70. The van der Waals surface area contributed by atoms with E-state index in [1.165, 1.54) is 19.5 Å². The quantitative estimate of drug-likeness (QED) is 0.811. The maximum Gasteiger partial charge on any atom is 0.0657 e. The van der Waals surface area contributed by atoms with Crippen LogP contribution in [0, 0.1) is 5.92 Å². The summed E-state index contributed by atoms with van der Waals surface area (Å²) in [5.41, 5.74) is 7.35. The molecule has 0 amide bonds. The van der Waals surface area contributed by atoms with Crippen molar-refractivity contribution in [2.24, 2.45) is 5.92 Å². The van der Waals surface area contributed by atoms with Crippen molar-refractivity contribution in [1.82, 2.24) is 4.90 Å². The Hall–Kier alpha value is -0.930. The van der Waals surface area contributed by atoms with Gasteiger partial charge >= 0.3 is 0 Å². The molecule has 0 aromatic heterocycles. The molecule has 0 radical (unpaired) electrons. The van der Waals surface area contributed by atoms with Crippen LogP contribution in [0.1, 0.15) is 13.3 Å². The van der Waals surface area contributed by atoms with E-state index in [-0.39, 0.29) is 0 Å². The minimum atomic E-state index is 0.704. The van der Waals surface area contributed by atoms with Crippen molar-refractivity contribution in [3.63, 3.8) is 0 Å². The van der Waals surface area contributed by atoms with Crippen molar-refractivity contribution in [3.8, 4) is 0 Å². The number of nitrogens with zero attached hydrogens (tertiary/aromatic N) is 1. The lowest BCUT2D eigenvalue weighted by atomic mass is 10.1. The Labute approximate surface area is 108 Å². The van der Waals surface area contributed by atoms with Gasteiger partial charge in [0.15, 0.2) is 0 Å². The molecule has 1 aromatic rings. The number of hydrogen-bond donors (Lipinski definition) is 2. The second kappa shape index (κ2) is 5.61. The number of hydrogen-bond acceptors (Lipinski definition) is 3. The van der Waals surface area contributed by atoms with Gasteiger partial charge in [0.1, 0.15) is 0 Å². The zero-order chi connectivity index (χ0) is 12.3. The number of likely N-dealkylation sites (tertiary alicyclic amines) is 1. The molecule has 17 heavy (non-hydrogen) atoms. The SMILES string of the molecule is CCN1CCC(CNc2ccc(N)cc2Cl)C1. The van der Waals surface area contributed by atoms with E-state index in [2.05, 4.69) is 17.1 Å². The van der Waals surface area contributed by atoms with Crippen molar-refractivity contribution in [2.75, 3.05) is 37.2 Å². The molecule has 94 valence electrons. The first-order chi connectivity index (χ1) is 8.19. The number of anilines is 2. The monoisotopic (exact) mass is 253 g/mol. The molecule has 1 saturated heterocycles. The molecule has 1 fully saturated rings. The predicted octanol–water partition coefficient (Wildman–Crippen LogP) is 2.68. The van der Waals surface area contributed by atoms with Crippen LogP contribution in [0.5, 0.6) is 0 Å². The number of nitrogen functional groups attached to an aromatic ring is 1. The van der Waals surface area contributed by atoms with Crippen LogP contribution in [-0.4, -0.2) is 31.1 Å². The Balaban J connectivity index is 1.86. The van der Waals surface area contributed by atoms with Crippen LogP contribution in [0.4, 0.5) is 11.4 Å². The standard InChI is InChI=1S/C13H20ClN3/c1-2-17-6-5-10(9-17)8-16-13-4-3-11(15)7-12(13)14/h3-4,7,10,16H,2,5-6,8-9,15H2,1H3. The number of nitrogens with two attached hydrogens (primary N) is 1. The third-order valence-electron chi connectivity index (χ3n) is 3.39. The van der Waals surface area contributed by atoms with E-state index in [0.29, 0.717) is 10.7 Å². The molecule has 1 atom stereocenters. The van der Waals surface area contributed by atoms with Gasteiger partial charge in [-0.25, -0.2) is 0 Å². The first-order valence-electron chi connectivity index (χ1n) is 6.20. The Morgan fingerprint density at radius 1 is 1.53 bits per heavy atom. The van der Waals surface area contributed by atoms with Crippen molar-refractivity contribution >= 4 is 23.0 Å². The fourth-order valence-electron chi connectivity index (χ4n) is 2.30. The summed E-state index contributed by atoms with van der Waals surface area (Å²) < 4.78 is 0. The molecule has 1 aliphatic rings. The van der Waals surface area contributed by atoms with Crippen molar-refractivity contribution in [2.45, 2.75) is 13.3 Å². The molecule has 3 nitrogen and oxygen atoms in total. The summed E-state index contributed by atoms with van der Waals surface area (Å²) in [4.78, 5) is 2.48. The van der Waals surface area contributed by atoms with Gasteiger partial charge in [-0.1, -0.05) is 18.5 Å². The number of nitrogens with one attached hydrogen (secondary N) is 1. The molecular formula is C13H20ClN3. The van der Waals surface area contributed by atoms with Crippen molar-refractivity contribution in [1.29, 1.82) is 0 Å². The fourth-order valence-corrected chi connectivity index (χ4v) is 2.55. The third kappa shape index (κ3) is 3.27. The maximum absolute atomic E-state index is 6.12. The van der Waals surface area contributed by atoms with Crippen LogP contribution < -0.4 is 11.1 Å². The first kappa shape index (κ1) is 12.5. The van der Waals surface area contributed by atoms with Crippen molar-refractivity contribution < 1.29 is 0 Å². The molecule has 3 N–H and O–H groups in total. The van der Waals surface area contributed by atoms with Gasteiger partial charge in [0.2, 0.25) is 0 Å². The molecule has 0 spiro atoms. The van der Waals surface area contributed by atoms with E-state index in [1.54, 1.807) is 6.07 Å². The van der Waals surface area contributed by atoms with Gasteiger partial charge in [-0.3, -0.25) is 0 Å². The summed E-state index contributed by atoms with van der Waals surface area (Å²) >= 11 is 6.12. The van der Waals surface area contributed by atoms with Crippen LogP contribution in [0.15, 0.2) is 18.2 Å². The summed E-state index contributed by atoms with van der Waals surface area (Å²) in [5.74, 6) is 0.726. The van der Waals surface area contributed by atoms with Gasteiger partial charge in [-0.05, 0) is 43.6 Å². The van der Waals surface area contributed by atoms with Gasteiger partial charge < -0.3 is 16.0 Å². The summed E-state index contributed by atoms with van der Waals surface area (Å²) in [7, 11) is 0. The van der Waals surface area contributed by atoms with E-state index in [4.69, 9.17) is 17.3 Å². The molecule has 0 saturated carbocycles. The highest BCUT2D eigenvalue weighted by Crippen LogP contribution is 2.25. The number of halogens is 1. The molecule has 1 aliphatic heterocycles. The average Bonchev–Trinajstić information content (AvgIpc) is 2.76. The Kier molecular flexibility index (Phi) is 4.13. The summed E-state index contributed by atoms with van der Waals surface area (Å²) in [5, 5.41) is 4.12. The Morgan fingerprint density at radius 3 is 3.00 bits per heavy atom. The second-order valence-electron chi connectivity index (χ2n) is 4.67. The van der Waals surface area contributed by atoms with Gasteiger partial charge in [-0.2, -0.15) is 0 Å². The van der Waals surface area contributed by atoms with E-state index < -0.39 is 0 Å². The highest BCUT2D eigenvalue weighted by molar-refractivity contribution is 6.33. The van der Waals surface area contributed by atoms with Crippen molar-refractivity contribution in [3.05, 3.63) is 23.2 Å². The molecule has 1 unspecified atom stereocenters. The number of rotatable bonds is 4. The van der Waals surface area contributed by atoms with Crippen LogP contribution in [0.2, 0.25) is 5.02 Å². The minimum absolute atomic E-state index is 0.704. The lowest BCUT2D eigenvalue weighted by molar-refractivity contribution is 0.345. The summed E-state index contributed by atoms with van der Waals surface area (Å²) in [6.45, 7) is 6.76. The van der Waals surface area contributed by atoms with Gasteiger partial charge in [0, 0.05) is 18.8 Å². The van der Waals surface area contributed by atoms with E-state index in [9.17, 15) is 0 Å². The van der Waals surface area contributed by atoms with Crippen LogP contribution >= 0.6 is 11.6 Å². The summed E-state index contributed by atoms with van der Waals surface area (Å²) in [6.07, 6.45) is 1.27. The number of benzene rings is 1. The van der Waals surface area contributed by atoms with E-state index >= 15 is 0 Å². The van der Waals surface area contributed by atoms with Crippen LogP contribution in [0.3, 0.4) is 0 Å². The molecule has 2 rings (SSSR count). The van der Waals surface area contributed by atoms with Crippen LogP contribution in [0.25, 0.3) is 0 Å².